The lowest BCUT2D eigenvalue weighted by Crippen LogP contribution is -2.36. The number of aromatic nitrogens is 5. The molecule has 4 heterocycles. The van der Waals surface area contributed by atoms with Crippen molar-refractivity contribution < 1.29 is 4.74 Å². The summed E-state index contributed by atoms with van der Waals surface area (Å²) in [5.74, 6) is 2.58. The van der Waals surface area contributed by atoms with Crippen molar-refractivity contribution in [2.24, 2.45) is 0 Å². The molecule has 0 bridgehead atoms. The van der Waals surface area contributed by atoms with Crippen LogP contribution in [0.2, 0.25) is 0 Å². The molecule has 24 heavy (non-hydrogen) atoms. The van der Waals surface area contributed by atoms with E-state index in [9.17, 15) is 0 Å². The minimum atomic E-state index is 0.412. The van der Waals surface area contributed by atoms with Gasteiger partial charge in [0.15, 0.2) is 0 Å². The van der Waals surface area contributed by atoms with Gasteiger partial charge in [0.1, 0.15) is 23.6 Å². The SMILES string of the molecule is COCCn1ccnc1C1CCCN(c2ncnc3[nH]ccc23)C1. The monoisotopic (exact) mass is 326 g/mol. The topological polar surface area (TPSA) is 71.9 Å². The van der Waals surface area contributed by atoms with Crippen LogP contribution in [0.3, 0.4) is 0 Å². The van der Waals surface area contributed by atoms with E-state index >= 15 is 0 Å². The van der Waals surface area contributed by atoms with Crippen molar-refractivity contribution in [1.29, 1.82) is 0 Å². The molecule has 126 valence electrons. The Bertz CT molecular complexity index is 810. The number of hydrogen-bond acceptors (Lipinski definition) is 5. The van der Waals surface area contributed by atoms with Crippen molar-refractivity contribution in [2.75, 3.05) is 31.7 Å². The van der Waals surface area contributed by atoms with Gasteiger partial charge in [-0.3, -0.25) is 0 Å². The van der Waals surface area contributed by atoms with Gasteiger partial charge in [0, 0.05) is 51.3 Å². The molecule has 3 aromatic heterocycles. The number of imidazole rings is 1. The fraction of sp³-hybridized carbons (Fsp3) is 0.471. The Balaban J connectivity index is 1.58. The number of nitrogens with zero attached hydrogens (tertiary/aromatic N) is 5. The van der Waals surface area contributed by atoms with Crippen molar-refractivity contribution in [3.05, 3.63) is 36.8 Å². The smallest absolute Gasteiger partial charge is 0.142 e. The summed E-state index contributed by atoms with van der Waals surface area (Å²) in [6.07, 6.45) is 9.78. The highest BCUT2D eigenvalue weighted by atomic mass is 16.5. The molecule has 0 aromatic carbocycles. The summed E-state index contributed by atoms with van der Waals surface area (Å²) in [4.78, 5) is 19.0. The lowest BCUT2D eigenvalue weighted by atomic mass is 9.97. The number of fused-ring (bicyclic) bond motifs is 1. The Kier molecular flexibility index (Phi) is 4.17. The number of nitrogens with one attached hydrogen (secondary N) is 1. The lowest BCUT2D eigenvalue weighted by Gasteiger charge is -2.33. The summed E-state index contributed by atoms with van der Waals surface area (Å²) in [6, 6.07) is 2.05. The normalized spacial score (nSPS) is 18.4. The van der Waals surface area contributed by atoms with Crippen LogP contribution in [-0.2, 0) is 11.3 Å². The minimum Gasteiger partial charge on any atom is -0.383 e. The number of piperidine rings is 1. The highest BCUT2D eigenvalue weighted by Crippen LogP contribution is 2.31. The van der Waals surface area contributed by atoms with Crippen molar-refractivity contribution in [1.82, 2.24) is 24.5 Å². The molecule has 1 atom stereocenters. The molecule has 0 aliphatic carbocycles. The zero-order valence-electron chi connectivity index (χ0n) is 13.9. The summed E-state index contributed by atoms with van der Waals surface area (Å²) in [5.41, 5.74) is 0.892. The number of rotatable bonds is 5. The summed E-state index contributed by atoms with van der Waals surface area (Å²) in [6.45, 7) is 3.50. The molecule has 3 aromatic rings. The highest BCUT2D eigenvalue weighted by Gasteiger charge is 2.26. The van der Waals surface area contributed by atoms with Crippen LogP contribution < -0.4 is 4.90 Å². The Morgan fingerprint density at radius 1 is 1.33 bits per heavy atom. The summed E-state index contributed by atoms with van der Waals surface area (Å²) in [5, 5.41) is 1.08. The molecule has 1 saturated heterocycles. The van der Waals surface area contributed by atoms with Crippen LogP contribution >= 0.6 is 0 Å². The average Bonchev–Trinajstić information content (AvgIpc) is 3.28. The largest absolute Gasteiger partial charge is 0.383 e. The Labute approximate surface area is 140 Å². The zero-order chi connectivity index (χ0) is 16.4. The molecule has 4 rings (SSSR count). The Morgan fingerprint density at radius 3 is 3.21 bits per heavy atom. The quantitative estimate of drug-likeness (QED) is 0.778. The molecule has 1 aliphatic heterocycles. The van der Waals surface area contributed by atoms with Gasteiger partial charge in [0.25, 0.3) is 0 Å². The van der Waals surface area contributed by atoms with E-state index in [1.54, 1.807) is 13.4 Å². The number of anilines is 1. The second-order valence-corrected chi connectivity index (χ2v) is 6.19. The van der Waals surface area contributed by atoms with Crippen LogP contribution in [-0.4, -0.2) is 51.3 Å². The average molecular weight is 326 g/mol. The molecule has 0 saturated carbocycles. The molecule has 0 amide bonds. The standard InChI is InChI=1S/C17H22N6O/c1-24-10-9-22-8-6-19-16(22)13-3-2-7-23(11-13)17-14-4-5-18-15(14)20-12-21-17/h4-6,8,12-13H,2-3,7,9-11H2,1H3,(H,18,20,21). The van der Waals surface area contributed by atoms with Gasteiger partial charge in [-0.15, -0.1) is 0 Å². The molecule has 1 N–H and O–H groups in total. The van der Waals surface area contributed by atoms with E-state index in [0.717, 1.165) is 55.2 Å². The molecular weight excluding hydrogens is 304 g/mol. The number of aromatic amines is 1. The first-order valence-corrected chi connectivity index (χ1v) is 8.40. The van der Waals surface area contributed by atoms with Crippen molar-refractivity contribution in [3.63, 3.8) is 0 Å². The van der Waals surface area contributed by atoms with E-state index in [1.165, 1.54) is 0 Å². The van der Waals surface area contributed by atoms with Crippen LogP contribution in [0, 0.1) is 0 Å². The Hall–Kier alpha value is -2.41. The Morgan fingerprint density at radius 2 is 2.29 bits per heavy atom. The third-order valence-corrected chi connectivity index (χ3v) is 4.70. The van der Waals surface area contributed by atoms with E-state index in [1.807, 2.05) is 24.7 Å². The highest BCUT2D eigenvalue weighted by molar-refractivity contribution is 5.87. The third kappa shape index (κ3) is 2.75. The summed E-state index contributed by atoms with van der Waals surface area (Å²) >= 11 is 0. The molecular formula is C17H22N6O. The number of ether oxygens (including phenoxy) is 1. The van der Waals surface area contributed by atoms with Crippen LogP contribution in [0.15, 0.2) is 31.0 Å². The molecule has 7 nitrogen and oxygen atoms in total. The van der Waals surface area contributed by atoms with E-state index in [0.29, 0.717) is 12.5 Å². The van der Waals surface area contributed by atoms with Gasteiger partial charge in [-0.1, -0.05) is 0 Å². The van der Waals surface area contributed by atoms with Crippen LogP contribution in [0.1, 0.15) is 24.6 Å². The predicted octanol–water partition coefficient (Wildman–Crippen LogP) is 2.18. The van der Waals surface area contributed by atoms with Crippen LogP contribution in [0.4, 0.5) is 5.82 Å². The molecule has 7 heteroatoms. The lowest BCUT2D eigenvalue weighted by molar-refractivity contribution is 0.185. The minimum absolute atomic E-state index is 0.412. The van der Waals surface area contributed by atoms with Crippen molar-refractivity contribution >= 4 is 16.9 Å². The molecule has 0 spiro atoms. The fourth-order valence-corrected chi connectivity index (χ4v) is 3.55. The first-order valence-electron chi connectivity index (χ1n) is 8.40. The molecule has 0 radical (unpaired) electrons. The third-order valence-electron chi connectivity index (χ3n) is 4.70. The van der Waals surface area contributed by atoms with Crippen LogP contribution in [0.5, 0.6) is 0 Å². The first-order chi connectivity index (χ1) is 11.9. The second kappa shape index (κ2) is 6.60. The van der Waals surface area contributed by atoms with Gasteiger partial charge in [-0.2, -0.15) is 0 Å². The zero-order valence-corrected chi connectivity index (χ0v) is 13.9. The van der Waals surface area contributed by atoms with Gasteiger partial charge in [0.05, 0.1) is 12.0 Å². The fourth-order valence-electron chi connectivity index (χ4n) is 3.55. The maximum Gasteiger partial charge on any atom is 0.142 e. The predicted molar refractivity (Wildman–Crippen MR) is 92.2 cm³/mol. The van der Waals surface area contributed by atoms with E-state index in [4.69, 9.17) is 4.74 Å². The summed E-state index contributed by atoms with van der Waals surface area (Å²) < 4.78 is 7.42. The van der Waals surface area contributed by atoms with Gasteiger partial charge < -0.3 is 19.2 Å². The maximum atomic E-state index is 5.21. The van der Waals surface area contributed by atoms with Gasteiger partial charge >= 0.3 is 0 Å². The maximum absolute atomic E-state index is 5.21. The molecule has 1 unspecified atom stereocenters. The van der Waals surface area contributed by atoms with E-state index < -0.39 is 0 Å². The number of H-pyrrole nitrogens is 1. The number of methoxy groups -OCH3 is 1. The van der Waals surface area contributed by atoms with E-state index in [-0.39, 0.29) is 0 Å². The second-order valence-electron chi connectivity index (χ2n) is 6.19. The summed E-state index contributed by atoms with van der Waals surface area (Å²) in [7, 11) is 1.73. The van der Waals surface area contributed by atoms with Gasteiger partial charge in [-0.05, 0) is 18.9 Å². The number of hydrogen-bond donors (Lipinski definition) is 1. The molecule has 1 fully saturated rings. The van der Waals surface area contributed by atoms with Crippen molar-refractivity contribution in [3.8, 4) is 0 Å². The molecule has 1 aliphatic rings. The van der Waals surface area contributed by atoms with Gasteiger partial charge in [0.2, 0.25) is 0 Å². The van der Waals surface area contributed by atoms with Crippen LogP contribution in [0.25, 0.3) is 11.0 Å². The van der Waals surface area contributed by atoms with Gasteiger partial charge in [-0.25, -0.2) is 15.0 Å². The first kappa shape index (κ1) is 15.1. The van der Waals surface area contributed by atoms with E-state index in [2.05, 4.69) is 29.4 Å². The van der Waals surface area contributed by atoms with Crippen molar-refractivity contribution in [2.45, 2.75) is 25.3 Å².